The Balaban J connectivity index is 1.88. The Labute approximate surface area is 191 Å². The van der Waals surface area contributed by atoms with E-state index in [2.05, 4.69) is 35.7 Å². The fourth-order valence-electron chi connectivity index (χ4n) is 4.59. The monoisotopic (exact) mass is 443 g/mol. The first-order valence-corrected chi connectivity index (χ1v) is 11.7. The maximum Gasteiger partial charge on any atom is 0.259 e. The second-order valence-corrected chi connectivity index (χ2v) is 9.52. The van der Waals surface area contributed by atoms with Crippen molar-refractivity contribution < 1.29 is 19.7 Å². The molecule has 4 atom stereocenters. The number of carbonyl (C=O) groups excluding carboxylic acids is 1. The average Bonchev–Trinajstić information content (AvgIpc) is 3.27. The van der Waals surface area contributed by atoms with Gasteiger partial charge in [0, 0.05) is 37.3 Å². The molecule has 0 unspecified atom stereocenters. The molecule has 7 nitrogen and oxygen atoms in total. The van der Waals surface area contributed by atoms with Crippen LogP contribution in [-0.4, -0.2) is 82.4 Å². The van der Waals surface area contributed by atoms with E-state index in [4.69, 9.17) is 4.74 Å². The summed E-state index contributed by atoms with van der Waals surface area (Å²) in [7, 11) is 2.13. The number of nitrogens with zero attached hydrogens (tertiary/aromatic N) is 3. The average molecular weight is 444 g/mol. The third-order valence-corrected chi connectivity index (χ3v) is 6.48. The Morgan fingerprint density at radius 1 is 1.31 bits per heavy atom. The summed E-state index contributed by atoms with van der Waals surface area (Å²) in [5.74, 6) is 6.44. The molecule has 2 heterocycles. The van der Waals surface area contributed by atoms with Crippen molar-refractivity contribution in [2.75, 3.05) is 33.3 Å². The Morgan fingerprint density at radius 3 is 2.69 bits per heavy atom. The van der Waals surface area contributed by atoms with Gasteiger partial charge in [0.05, 0.1) is 12.6 Å². The van der Waals surface area contributed by atoms with Crippen LogP contribution in [0.3, 0.4) is 0 Å². The van der Waals surface area contributed by atoms with Crippen molar-refractivity contribution in [3.05, 3.63) is 23.4 Å². The van der Waals surface area contributed by atoms with E-state index in [1.807, 2.05) is 6.92 Å². The summed E-state index contributed by atoms with van der Waals surface area (Å²) in [6, 6.07) is 1.35. The lowest BCUT2D eigenvalue weighted by atomic mass is 9.99. The van der Waals surface area contributed by atoms with E-state index >= 15 is 0 Å². The number of amides is 1. The third-order valence-electron chi connectivity index (χ3n) is 6.48. The van der Waals surface area contributed by atoms with Crippen LogP contribution in [0.15, 0.2) is 12.3 Å². The Bertz CT molecular complexity index is 841. The molecule has 0 saturated heterocycles. The van der Waals surface area contributed by atoms with Crippen LogP contribution in [-0.2, 0) is 0 Å². The molecule has 1 fully saturated rings. The first-order chi connectivity index (χ1) is 15.3. The van der Waals surface area contributed by atoms with E-state index in [0.29, 0.717) is 23.6 Å². The molecule has 176 valence electrons. The predicted octanol–water partition coefficient (Wildman–Crippen LogP) is 2.16. The number of hydrogen-bond acceptors (Lipinski definition) is 6. The number of pyridine rings is 1. The standard InChI is InChI=1S/C25H37N3O4/c1-17-13-28(18(2)16-29)25(31)22-11-21(10-9-19(3)30)12-26-24(22)32-23(17)15-27(4)14-20-7-5-6-8-20/h11-12,17-20,23,29-30H,5-8,13-16H2,1-4H3/t17-,18+,19+,23+/m1/s1. The molecule has 1 aliphatic carbocycles. The first kappa shape index (κ1) is 24.5. The number of likely N-dealkylation sites (N-methyl/N-ethyl adjacent to an activating group) is 1. The van der Waals surface area contributed by atoms with Crippen molar-refractivity contribution in [2.24, 2.45) is 11.8 Å². The van der Waals surface area contributed by atoms with Gasteiger partial charge in [-0.15, -0.1) is 0 Å². The highest BCUT2D eigenvalue weighted by Gasteiger charge is 2.34. The largest absolute Gasteiger partial charge is 0.472 e. The van der Waals surface area contributed by atoms with Gasteiger partial charge >= 0.3 is 0 Å². The summed E-state index contributed by atoms with van der Waals surface area (Å²) in [6.07, 6.45) is 5.90. The normalized spacial score (nSPS) is 23.6. The van der Waals surface area contributed by atoms with Crippen LogP contribution >= 0.6 is 0 Å². The van der Waals surface area contributed by atoms with Gasteiger partial charge in [0.1, 0.15) is 17.8 Å². The number of ether oxygens (including phenoxy) is 1. The van der Waals surface area contributed by atoms with Gasteiger partial charge in [0.15, 0.2) is 0 Å². The van der Waals surface area contributed by atoms with Crippen LogP contribution in [0.4, 0.5) is 0 Å². The molecular weight excluding hydrogens is 406 g/mol. The highest BCUT2D eigenvalue weighted by molar-refractivity contribution is 5.97. The molecule has 3 rings (SSSR count). The fourth-order valence-corrected chi connectivity index (χ4v) is 4.59. The van der Waals surface area contributed by atoms with Gasteiger partial charge in [-0.05, 0) is 45.7 Å². The molecule has 32 heavy (non-hydrogen) atoms. The highest BCUT2D eigenvalue weighted by atomic mass is 16.5. The van der Waals surface area contributed by atoms with Gasteiger partial charge in [-0.2, -0.15) is 0 Å². The number of rotatable bonds is 6. The molecule has 2 N–H and O–H groups in total. The summed E-state index contributed by atoms with van der Waals surface area (Å²) in [4.78, 5) is 21.8. The number of carbonyl (C=O) groups is 1. The molecule has 1 aromatic heterocycles. The van der Waals surface area contributed by atoms with Crippen LogP contribution in [0.25, 0.3) is 0 Å². The van der Waals surface area contributed by atoms with Crippen molar-refractivity contribution in [2.45, 2.75) is 64.7 Å². The second kappa shape index (κ2) is 11.1. The molecule has 1 aliphatic heterocycles. The molecule has 1 saturated carbocycles. The van der Waals surface area contributed by atoms with Crippen molar-refractivity contribution in [1.29, 1.82) is 0 Å². The van der Waals surface area contributed by atoms with Gasteiger partial charge in [-0.3, -0.25) is 4.79 Å². The van der Waals surface area contributed by atoms with Gasteiger partial charge in [-0.25, -0.2) is 4.98 Å². The Hall–Kier alpha value is -2.14. The van der Waals surface area contributed by atoms with E-state index in [1.54, 1.807) is 24.1 Å². The maximum absolute atomic E-state index is 13.4. The van der Waals surface area contributed by atoms with Crippen LogP contribution in [0, 0.1) is 23.7 Å². The molecule has 2 aliphatic rings. The fraction of sp³-hybridized carbons (Fsp3) is 0.680. The van der Waals surface area contributed by atoms with Gasteiger partial charge in [0.25, 0.3) is 5.91 Å². The number of aliphatic hydroxyl groups is 2. The van der Waals surface area contributed by atoms with Gasteiger partial charge in [0.2, 0.25) is 5.88 Å². The van der Waals surface area contributed by atoms with E-state index in [-0.39, 0.29) is 30.6 Å². The molecule has 1 aromatic rings. The quantitative estimate of drug-likeness (QED) is 0.656. The molecule has 0 aromatic carbocycles. The van der Waals surface area contributed by atoms with Crippen LogP contribution in [0.5, 0.6) is 5.88 Å². The lowest BCUT2D eigenvalue weighted by molar-refractivity contribution is 0.0320. The predicted molar refractivity (Wildman–Crippen MR) is 123 cm³/mol. The molecule has 1 amide bonds. The summed E-state index contributed by atoms with van der Waals surface area (Å²) >= 11 is 0. The Morgan fingerprint density at radius 2 is 2.03 bits per heavy atom. The maximum atomic E-state index is 13.4. The molecular formula is C25H37N3O4. The highest BCUT2D eigenvalue weighted by Crippen LogP contribution is 2.29. The number of fused-ring (bicyclic) bond motifs is 1. The zero-order chi connectivity index (χ0) is 23.3. The zero-order valence-corrected chi connectivity index (χ0v) is 19.8. The minimum atomic E-state index is -0.768. The van der Waals surface area contributed by atoms with Crippen LogP contribution in [0.1, 0.15) is 62.4 Å². The molecule has 0 radical (unpaired) electrons. The van der Waals surface area contributed by atoms with E-state index in [9.17, 15) is 15.0 Å². The van der Waals surface area contributed by atoms with E-state index in [1.165, 1.54) is 25.7 Å². The van der Waals surface area contributed by atoms with Crippen molar-refractivity contribution >= 4 is 5.91 Å². The first-order valence-electron chi connectivity index (χ1n) is 11.7. The second-order valence-electron chi connectivity index (χ2n) is 9.52. The lowest BCUT2D eigenvalue weighted by Crippen LogP contribution is -2.50. The summed E-state index contributed by atoms with van der Waals surface area (Å²) < 4.78 is 6.34. The SMILES string of the molecule is C[C@H](O)C#Cc1cnc2c(c1)C(=O)N([C@@H](C)CO)C[C@@H](C)[C@H](CN(C)CC1CCCC1)O2. The summed E-state index contributed by atoms with van der Waals surface area (Å²) in [5.41, 5.74) is 0.889. The molecule has 7 heteroatoms. The Kier molecular flexibility index (Phi) is 8.52. The third kappa shape index (κ3) is 6.22. The van der Waals surface area contributed by atoms with Crippen molar-refractivity contribution in [3.8, 4) is 17.7 Å². The minimum absolute atomic E-state index is 0.0728. The van der Waals surface area contributed by atoms with E-state index < -0.39 is 6.10 Å². The van der Waals surface area contributed by atoms with Crippen molar-refractivity contribution in [3.63, 3.8) is 0 Å². The zero-order valence-electron chi connectivity index (χ0n) is 19.8. The molecule has 0 spiro atoms. The van der Waals surface area contributed by atoms with E-state index in [0.717, 1.165) is 19.0 Å². The molecule has 0 bridgehead atoms. The van der Waals surface area contributed by atoms with Crippen LogP contribution < -0.4 is 4.74 Å². The lowest BCUT2D eigenvalue weighted by Gasteiger charge is -2.38. The van der Waals surface area contributed by atoms with Gasteiger partial charge in [-0.1, -0.05) is 31.6 Å². The van der Waals surface area contributed by atoms with Crippen molar-refractivity contribution in [1.82, 2.24) is 14.8 Å². The summed E-state index contributed by atoms with van der Waals surface area (Å²) in [6.45, 7) is 7.70. The minimum Gasteiger partial charge on any atom is -0.472 e. The number of aromatic nitrogens is 1. The smallest absolute Gasteiger partial charge is 0.259 e. The van der Waals surface area contributed by atoms with Crippen LogP contribution in [0.2, 0.25) is 0 Å². The van der Waals surface area contributed by atoms with Gasteiger partial charge < -0.3 is 24.7 Å². The topological polar surface area (TPSA) is 86.1 Å². The summed E-state index contributed by atoms with van der Waals surface area (Å²) in [5, 5.41) is 19.2. The number of aliphatic hydroxyl groups excluding tert-OH is 2. The number of hydrogen-bond donors (Lipinski definition) is 2.